The highest BCUT2D eigenvalue weighted by Crippen LogP contribution is 2.27. The number of methoxy groups -OCH3 is 1. The van der Waals surface area contributed by atoms with Crippen molar-refractivity contribution in [2.45, 2.75) is 20.3 Å². The molecule has 0 N–H and O–H groups in total. The summed E-state index contributed by atoms with van der Waals surface area (Å²) in [6, 6.07) is 5.95. The van der Waals surface area contributed by atoms with Crippen molar-refractivity contribution in [2.24, 2.45) is 0 Å². The normalized spacial score (nSPS) is 9.77. The van der Waals surface area contributed by atoms with E-state index in [0.29, 0.717) is 0 Å². The lowest BCUT2D eigenvalue weighted by Gasteiger charge is -2.09. The Kier molecular flexibility index (Phi) is 3.62. The predicted octanol–water partition coefficient (Wildman–Crippen LogP) is 2.79. The Bertz CT molecular complexity index is 269. The van der Waals surface area contributed by atoms with Crippen LogP contribution >= 0.6 is 0 Å². The number of ether oxygens (including phenoxy) is 2. The molecule has 0 atom stereocenters. The van der Waals surface area contributed by atoms with E-state index in [1.807, 2.05) is 25.1 Å². The third-order valence-corrected chi connectivity index (χ3v) is 1.78. The molecule has 0 radical (unpaired) electrons. The molecule has 0 heterocycles. The zero-order chi connectivity index (χ0) is 9.68. The summed E-state index contributed by atoms with van der Waals surface area (Å²) in [4.78, 5) is 0. The van der Waals surface area contributed by atoms with Gasteiger partial charge in [-0.25, -0.2) is 0 Å². The molecule has 0 aliphatic carbocycles. The Morgan fingerprint density at radius 1 is 1.23 bits per heavy atom. The second-order valence-corrected chi connectivity index (χ2v) is 3.00. The zero-order valence-corrected chi connectivity index (χ0v) is 8.46. The first-order chi connectivity index (χ1) is 6.27. The van der Waals surface area contributed by atoms with Gasteiger partial charge in [-0.1, -0.05) is 13.0 Å². The predicted molar refractivity (Wildman–Crippen MR) is 53.5 cm³/mol. The first-order valence-electron chi connectivity index (χ1n) is 4.55. The maximum absolute atomic E-state index is 5.51. The van der Waals surface area contributed by atoms with Crippen LogP contribution in [0.3, 0.4) is 0 Å². The van der Waals surface area contributed by atoms with Crippen molar-refractivity contribution in [1.29, 1.82) is 0 Å². The molecule has 0 saturated heterocycles. The van der Waals surface area contributed by atoms with Gasteiger partial charge in [0.25, 0.3) is 0 Å². The van der Waals surface area contributed by atoms with Crippen LogP contribution in [0.1, 0.15) is 18.9 Å². The largest absolute Gasteiger partial charge is 0.493 e. The van der Waals surface area contributed by atoms with E-state index in [-0.39, 0.29) is 0 Å². The fraction of sp³-hybridized carbons (Fsp3) is 0.455. The molecule has 0 bridgehead atoms. The van der Waals surface area contributed by atoms with Crippen molar-refractivity contribution in [3.8, 4) is 11.5 Å². The Labute approximate surface area is 79.5 Å². The van der Waals surface area contributed by atoms with E-state index in [2.05, 4.69) is 6.92 Å². The molecule has 0 amide bonds. The summed E-state index contributed by atoms with van der Waals surface area (Å²) < 4.78 is 10.7. The Hall–Kier alpha value is -1.18. The first kappa shape index (κ1) is 9.90. The molecule has 0 saturated carbocycles. The zero-order valence-electron chi connectivity index (χ0n) is 8.46. The molecule has 0 aliphatic rings. The van der Waals surface area contributed by atoms with Gasteiger partial charge in [0.2, 0.25) is 0 Å². The van der Waals surface area contributed by atoms with Crippen LogP contribution in [0.4, 0.5) is 0 Å². The van der Waals surface area contributed by atoms with Crippen LogP contribution in [-0.4, -0.2) is 13.7 Å². The van der Waals surface area contributed by atoms with Crippen LogP contribution in [-0.2, 0) is 0 Å². The monoisotopic (exact) mass is 180 g/mol. The highest BCUT2D eigenvalue weighted by Gasteiger charge is 2.02. The fourth-order valence-electron chi connectivity index (χ4n) is 1.11. The maximum Gasteiger partial charge on any atom is 0.161 e. The van der Waals surface area contributed by atoms with Crippen molar-refractivity contribution in [1.82, 2.24) is 0 Å². The minimum Gasteiger partial charge on any atom is -0.493 e. The minimum absolute atomic E-state index is 0.736. The minimum atomic E-state index is 0.736. The van der Waals surface area contributed by atoms with Crippen LogP contribution in [0.5, 0.6) is 11.5 Å². The van der Waals surface area contributed by atoms with Gasteiger partial charge in [-0.15, -0.1) is 0 Å². The fourth-order valence-corrected chi connectivity index (χ4v) is 1.11. The average molecular weight is 180 g/mol. The topological polar surface area (TPSA) is 18.5 Å². The van der Waals surface area contributed by atoms with Gasteiger partial charge in [-0.05, 0) is 31.0 Å². The Morgan fingerprint density at radius 2 is 2.00 bits per heavy atom. The van der Waals surface area contributed by atoms with E-state index in [1.165, 1.54) is 5.56 Å². The standard InChI is InChI=1S/C11H16O2/c1-4-7-13-10-6-5-9(2)8-11(10)12-3/h5-6,8H,4,7H2,1-3H3. The van der Waals surface area contributed by atoms with Gasteiger partial charge in [-0.2, -0.15) is 0 Å². The van der Waals surface area contributed by atoms with Crippen LogP contribution in [0.15, 0.2) is 18.2 Å². The molecule has 72 valence electrons. The molecule has 0 unspecified atom stereocenters. The molecule has 1 rings (SSSR count). The van der Waals surface area contributed by atoms with Crippen molar-refractivity contribution >= 4 is 0 Å². The Morgan fingerprint density at radius 3 is 2.62 bits per heavy atom. The van der Waals surface area contributed by atoms with Gasteiger partial charge >= 0.3 is 0 Å². The van der Waals surface area contributed by atoms with Crippen molar-refractivity contribution < 1.29 is 9.47 Å². The second-order valence-electron chi connectivity index (χ2n) is 3.00. The summed E-state index contributed by atoms with van der Waals surface area (Å²) in [5, 5.41) is 0. The van der Waals surface area contributed by atoms with Crippen LogP contribution < -0.4 is 9.47 Å². The Balaban J connectivity index is 2.79. The lowest BCUT2D eigenvalue weighted by molar-refractivity contribution is 0.294. The number of benzene rings is 1. The summed E-state index contributed by atoms with van der Waals surface area (Å²) in [7, 11) is 1.66. The van der Waals surface area contributed by atoms with E-state index in [1.54, 1.807) is 7.11 Å². The molecule has 2 heteroatoms. The molecule has 1 aromatic carbocycles. The second kappa shape index (κ2) is 4.75. The van der Waals surface area contributed by atoms with Gasteiger partial charge in [-0.3, -0.25) is 0 Å². The van der Waals surface area contributed by atoms with Gasteiger partial charge in [0.05, 0.1) is 13.7 Å². The third-order valence-electron chi connectivity index (χ3n) is 1.78. The lowest BCUT2D eigenvalue weighted by Crippen LogP contribution is -1.97. The molecular formula is C11H16O2. The van der Waals surface area contributed by atoms with E-state index in [0.717, 1.165) is 24.5 Å². The quantitative estimate of drug-likeness (QED) is 0.709. The SMILES string of the molecule is CCCOc1ccc(C)cc1OC. The number of hydrogen-bond donors (Lipinski definition) is 0. The number of hydrogen-bond acceptors (Lipinski definition) is 2. The molecule has 2 nitrogen and oxygen atoms in total. The van der Waals surface area contributed by atoms with Gasteiger partial charge < -0.3 is 9.47 Å². The summed E-state index contributed by atoms with van der Waals surface area (Å²) in [5.41, 5.74) is 1.18. The van der Waals surface area contributed by atoms with E-state index >= 15 is 0 Å². The van der Waals surface area contributed by atoms with Crippen molar-refractivity contribution in [2.75, 3.05) is 13.7 Å². The lowest BCUT2D eigenvalue weighted by atomic mass is 10.2. The highest BCUT2D eigenvalue weighted by molar-refractivity contribution is 5.42. The number of aryl methyl sites for hydroxylation is 1. The molecule has 0 fully saturated rings. The van der Waals surface area contributed by atoms with Gasteiger partial charge in [0, 0.05) is 0 Å². The van der Waals surface area contributed by atoms with Crippen LogP contribution in [0.25, 0.3) is 0 Å². The maximum atomic E-state index is 5.51. The molecule has 0 aromatic heterocycles. The summed E-state index contributed by atoms with van der Waals surface area (Å²) in [5.74, 6) is 1.64. The molecule has 13 heavy (non-hydrogen) atoms. The van der Waals surface area contributed by atoms with E-state index < -0.39 is 0 Å². The van der Waals surface area contributed by atoms with Gasteiger partial charge in [0.1, 0.15) is 0 Å². The molecule has 0 spiro atoms. The van der Waals surface area contributed by atoms with Crippen molar-refractivity contribution in [3.05, 3.63) is 23.8 Å². The van der Waals surface area contributed by atoms with Crippen molar-refractivity contribution in [3.63, 3.8) is 0 Å². The summed E-state index contributed by atoms with van der Waals surface area (Å²) >= 11 is 0. The molecule has 0 aliphatic heterocycles. The summed E-state index contributed by atoms with van der Waals surface area (Å²) in [6.45, 7) is 4.85. The first-order valence-corrected chi connectivity index (χ1v) is 4.55. The average Bonchev–Trinajstić information content (AvgIpc) is 2.16. The summed E-state index contributed by atoms with van der Waals surface area (Å²) in [6.07, 6.45) is 1.01. The molecular weight excluding hydrogens is 164 g/mol. The van der Waals surface area contributed by atoms with E-state index in [9.17, 15) is 0 Å². The number of rotatable bonds is 4. The highest BCUT2D eigenvalue weighted by atomic mass is 16.5. The molecule has 1 aromatic rings. The van der Waals surface area contributed by atoms with Crippen LogP contribution in [0.2, 0.25) is 0 Å². The van der Waals surface area contributed by atoms with E-state index in [4.69, 9.17) is 9.47 Å². The van der Waals surface area contributed by atoms with Crippen LogP contribution in [0, 0.1) is 6.92 Å². The van der Waals surface area contributed by atoms with Gasteiger partial charge in [0.15, 0.2) is 11.5 Å². The third kappa shape index (κ3) is 2.65. The smallest absolute Gasteiger partial charge is 0.161 e.